The van der Waals surface area contributed by atoms with Crippen LogP contribution in [0.4, 0.5) is 5.82 Å². The fourth-order valence-corrected chi connectivity index (χ4v) is 2.27. The molecule has 94 valence electrons. The fourth-order valence-electron chi connectivity index (χ4n) is 1.98. The van der Waals surface area contributed by atoms with E-state index in [4.69, 9.17) is 26.8 Å². The molecule has 5 nitrogen and oxygen atoms in total. The normalized spacial score (nSPS) is 13.0. The van der Waals surface area contributed by atoms with Gasteiger partial charge in [0.2, 0.25) is 6.79 Å². The van der Waals surface area contributed by atoms with Crippen LogP contribution in [-0.2, 0) is 6.54 Å². The number of nitrogen functional groups attached to an aromatic ring is 1. The van der Waals surface area contributed by atoms with E-state index >= 15 is 0 Å². The Morgan fingerprint density at radius 2 is 2.22 bits per heavy atom. The van der Waals surface area contributed by atoms with Crippen molar-refractivity contribution in [3.63, 3.8) is 0 Å². The molecule has 6 heteroatoms. The quantitative estimate of drug-likeness (QED) is 0.904. The molecular formula is C12H12ClN3O2. The van der Waals surface area contributed by atoms with Gasteiger partial charge in [0.15, 0.2) is 11.5 Å². The zero-order valence-electron chi connectivity index (χ0n) is 9.81. The average molecular weight is 266 g/mol. The number of hydrogen-bond donors (Lipinski definition) is 1. The number of nitrogens with two attached hydrogens (primary N) is 1. The molecule has 0 atom stereocenters. The maximum atomic E-state index is 6.12. The lowest BCUT2D eigenvalue weighted by atomic mass is 10.2. The molecule has 0 saturated carbocycles. The Bertz CT molecular complexity index is 610. The number of nitrogens with zero attached hydrogens (tertiary/aromatic N) is 2. The highest BCUT2D eigenvalue weighted by molar-refractivity contribution is 6.32. The average Bonchev–Trinajstić information content (AvgIpc) is 2.86. The predicted octanol–water partition coefficient (Wildman–Crippen LogP) is 2.20. The number of rotatable bonds is 2. The number of aromatic nitrogens is 2. The molecule has 18 heavy (non-hydrogen) atoms. The summed E-state index contributed by atoms with van der Waals surface area (Å²) < 4.78 is 12.3. The fraction of sp³-hybridized carbons (Fsp3) is 0.250. The summed E-state index contributed by atoms with van der Waals surface area (Å²) in [6.45, 7) is 2.66. The Morgan fingerprint density at radius 3 is 2.94 bits per heavy atom. The maximum absolute atomic E-state index is 6.12. The van der Waals surface area contributed by atoms with E-state index in [9.17, 15) is 0 Å². The van der Waals surface area contributed by atoms with Crippen molar-refractivity contribution in [1.82, 2.24) is 9.78 Å². The van der Waals surface area contributed by atoms with Gasteiger partial charge < -0.3 is 15.2 Å². The topological polar surface area (TPSA) is 62.3 Å². The van der Waals surface area contributed by atoms with Crippen LogP contribution in [0.25, 0.3) is 0 Å². The Morgan fingerprint density at radius 1 is 1.39 bits per heavy atom. The van der Waals surface area contributed by atoms with Crippen LogP contribution < -0.4 is 15.2 Å². The third-order valence-electron chi connectivity index (χ3n) is 2.75. The van der Waals surface area contributed by atoms with Crippen molar-refractivity contribution in [2.24, 2.45) is 0 Å². The first kappa shape index (κ1) is 11.2. The molecule has 0 radical (unpaired) electrons. The van der Waals surface area contributed by atoms with Crippen LogP contribution in [0, 0.1) is 6.92 Å². The molecule has 0 aliphatic carbocycles. The summed E-state index contributed by atoms with van der Waals surface area (Å²) in [5.41, 5.74) is 7.71. The number of aryl methyl sites for hydroxylation is 1. The van der Waals surface area contributed by atoms with E-state index < -0.39 is 0 Å². The molecule has 1 aromatic heterocycles. The molecule has 1 aromatic carbocycles. The minimum absolute atomic E-state index is 0.210. The van der Waals surface area contributed by atoms with Gasteiger partial charge in [-0.15, -0.1) is 0 Å². The summed E-state index contributed by atoms with van der Waals surface area (Å²) >= 11 is 6.12. The number of hydrogen-bond acceptors (Lipinski definition) is 4. The molecule has 2 heterocycles. The third kappa shape index (κ3) is 1.86. The van der Waals surface area contributed by atoms with Crippen molar-refractivity contribution in [3.05, 3.63) is 34.5 Å². The molecule has 0 amide bonds. The molecule has 0 unspecified atom stereocenters. The summed E-state index contributed by atoms with van der Waals surface area (Å²) in [7, 11) is 0. The zero-order chi connectivity index (χ0) is 12.7. The second-order valence-electron chi connectivity index (χ2n) is 4.18. The van der Waals surface area contributed by atoms with Gasteiger partial charge in [0, 0.05) is 6.07 Å². The van der Waals surface area contributed by atoms with E-state index in [1.807, 2.05) is 25.1 Å². The van der Waals surface area contributed by atoms with Gasteiger partial charge in [-0.25, -0.2) is 4.68 Å². The minimum Gasteiger partial charge on any atom is -0.454 e. The second-order valence-corrected chi connectivity index (χ2v) is 4.59. The highest BCUT2D eigenvalue weighted by atomic mass is 35.5. The Labute approximate surface area is 109 Å². The maximum Gasteiger partial charge on any atom is 0.231 e. The van der Waals surface area contributed by atoms with Crippen LogP contribution >= 0.6 is 11.6 Å². The van der Waals surface area contributed by atoms with Gasteiger partial charge in [0.25, 0.3) is 0 Å². The highest BCUT2D eigenvalue weighted by Crippen LogP contribution is 2.39. The van der Waals surface area contributed by atoms with Gasteiger partial charge in [-0.1, -0.05) is 11.6 Å². The van der Waals surface area contributed by atoms with Gasteiger partial charge in [-0.05, 0) is 24.6 Å². The molecule has 3 rings (SSSR count). The first-order valence-electron chi connectivity index (χ1n) is 5.51. The number of anilines is 1. The zero-order valence-corrected chi connectivity index (χ0v) is 10.6. The molecule has 2 aromatic rings. The molecule has 0 fully saturated rings. The standard InChI is InChI=1S/C12H12ClN3O2/c1-7-2-11(14)16(15-7)5-8-3-9(13)12-10(4-8)17-6-18-12/h2-4H,5-6,14H2,1H3. The van der Waals surface area contributed by atoms with Crippen molar-refractivity contribution in [2.45, 2.75) is 13.5 Å². The van der Waals surface area contributed by atoms with Gasteiger partial charge >= 0.3 is 0 Å². The smallest absolute Gasteiger partial charge is 0.231 e. The molecular weight excluding hydrogens is 254 g/mol. The summed E-state index contributed by atoms with van der Waals surface area (Å²) in [6, 6.07) is 5.56. The van der Waals surface area contributed by atoms with E-state index in [-0.39, 0.29) is 6.79 Å². The van der Waals surface area contributed by atoms with Crippen LogP contribution in [0.15, 0.2) is 18.2 Å². The first-order valence-corrected chi connectivity index (χ1v) is 5.89. The second kappa shape index (κ2) is 4.10. The van der Waals surface area contributed by atoms with Crippen molar-refractivity contribution >= 4 is 17.4 Å². The van der Waals surface area contributed by atoms with E-state index in [1.165, 1.54) is 0 Å². The van der Waals surface area contributed by atoms with Crippen LogP contribution in [0.1, 0.15) is 11.3 Å². The Kier molecular flexibility index (Phi) is 2.56. The van der Waals surface area contributed by atoms with E-state index in [0.717, 1.165) is 11.3 Å². The number of benzene rings is 1. The minimum atomic E-state index is 0.210. The number of fused-ring (bicyclic) bond motifs is 1. The molecule has 0 bridgehead atoms. The lowest BCUT2D eigenvalue weighted by Crippen LogP contribution is -2.05. The first-order chi connectivity index (χ1) is 8.63. The number of halogens is 1. The van der Waals surface area contributed by atoms with Crippen LogP contribution in [0.3, 0.4) is 0 Å². The largest absolute Gasteiger partial charge is 0.454 e. The summed E-state index contributed by atoms with van der Waals surface area (Å²) in [6.07, 6.45) is 0. The van der Waals surface area contributed by atoms with Crippen molar-refractivity contribution in [1.29, 1.82) is 0 Å². The third-order valence-corrected chi connectivity index (χ3v) is 3.03. The number of ether oxygens (including phenoxy) is 2. The van der Waals surface area contributed by atoms with Crippen LogP contribution in [0.5, 0.6) is 11.5 Å². The van der Waals surface area contributed by atoms with E-state index in [1.54, 1.807) is 4.68 Å². The van der Waals surface area contributed by atoms with Crippen molar-refractivity contribution in [3.8, 4) is 11.5 Å². The highest BCUT2D eigenvalue weighted by Gasteiger charge is 2.18. The molecule has 2 N–H and O–H groups in total. The van der Waals surface area contributed by atoms with E-state index in [2.05, 4.69) is 5.10 Å². The van der Waals surface area contributed by atoms with Gasteiger partial charge in [0.05, 0.1) is 17.3 Å². The van der Waals surface area contributed by atoms with Crippen LogP contribution in [0.2, 0.25) is 5.02 Å². The summed E-state index contributed by atoms with van der Waals surface area (Å²) in [5.74, 6) is 1.89. The lowest BCUT2D eigenvalue weighted by molar-refractivity contribution is 0.174. The van der Waals surface area contributed by atoms with Gasteiger partial charge in [-0.2, -0.15) is 5.10 Å². The van der Waals surface area contributed by atoms with E-state index in [0.29, 0.717) is 28.9 Å². The van der Waals surface area contributed by atoms with Crippen molar-refractivity contribution in [2.75, 3.05) is 12.5 Å². The van der Waals surface area contributed by atoms with Gasteiger partial charge in [0.1, 0.15) is 5.82 Å². The lowest BCUT2D eigenvalue weighted by Gasteiger charge is -2.06. The monoisotopic (exact) mass is 265 g/mol. The van der Waals surface area contributed by atoms with Crippen LogP contribution in [-0.4, -0.2) is 16.6 Å². The van der Waals surface area contributed by atoms with Gasteiger partial charge in [-0.3, -0.25) is 0 Å². The molecule has 1 aliphatic rings. The molecule has 1 aliphatic heterocycles. The Balaban J connectivity index is 1.94. The Hall–Kier alpha value is -1.88. The predicted molar refractivity (Wildman–Crippen MR) is 68.1 cm³/mol. The summed E-state index contributed by atoms with van der Waals surface area (Å²) in [4.78, 5) is 0. The SMILES string of the molecule is Cc1cc(N)n(Cc2cc(Cl)c3c(c2)OCO3)n1. The molecule has 0 saturated heterocycles. The van der Waals surface area contributed by atoms with Crippen molar-refractivity contribution < 1.29 is 9.47 Å². The summed E-state index contributed by atoms with van der Waals surface area (Å²) in [5, 5.41) is 4.85. The molecule has 0 spiro atoms.